The van der Waals surface area contributed by atoms with E-state index in [1.54, 1.807) is 13.3 Å². The Morgan fingerprint density at radius 1 is 1.25 bits per heavy atom. The van der Waals surface area contributed by atoms with Crippen molar-refractivity contribution in [2.75, 3.05) is 7.11 Å². The Labute approximate surface area is 120 Å². The number of hydrogen-bond donors (Lipinski definition) is 1. The number of aryl methyl sites for hydroxylation is 1. The molecule has 4 heteroatoms. The molecule has 0 bridgehead atoms. The van der Waals surface area contributed by atoms with Gasteiger partial charge >= 0.3 is 0 Å². The third-order valence-corrected chi connectivity index (χ3v) is 3.41. The van der Waals surface area contributed by atoms with Gasteiger partial charge in [0.05, 0.1) is 12.8 Å². The molecule has 4 nitrogen and oxygen atoms in total. The van der Waals surface area contributed by atoms with E-state index in [0.717, 1.165) is 30.0 Å². The van der Waals surface area contributed by atoms with Gasteiger partial charge in [-0.2, -0.15) is 5.10 Å². The van der Waals surface area contributed by atoms with Crippen LogP contribution in [0, 0.1) is 0 Å². The number of ether oxygens (including phenoxy) is 1. The molecule has 1 atom stereocenters. The zero-order chi connectivity index (χ0) is 14.6. The topological polar surface area (TPSA) is 47.3 Å². The quantitative estimate of drug-likeness (QED) is 0.881. The van der Waals surface area contributed by atoms with Crippen LogP contribution in [0.1, 0.15) is 31.5 Å². The van der Waals surface area contributed by atoms with Crippen molar-refractivity contribution < 1.29 is 9.84 Å². The minimum absolute atomic E-state index is 0.548. The second kappa shape index (κ2) is 6.09. The van der Waals surface area contributed by atoms with Crippen LogP contribution in [-0.2, 0) is 18.6 Å². The molecule has 20 heavy (non-hydrogen) atoms. The highest BCUT2D eigenvalue weighted by Gasteiger charge is 2.27. The molecule has 1 N–H and O–H groups in total. The molecule has 0 amide bonds. The molecule has 1 unspecified atom stereocenters. The van der Waals surface area contributed by atoms with E-state index in [9.17, 15) is 5.11 Å². The Morgan fingerprint density at radius 2 is 1.95 bits per heavy atom. The van der Waals surface area contributed by atoms with Crippen LogP contribution in [0.3, 0.4) is 0 Å². The van der Waals surface area contributed by atoms with Gasteiger partial charge < -0.3 is 9.84 Å². The molecular weight excluding hydrogens is 252 g/mol. The van der Waals surface area contributed by atoms with Gasteiger partial charge in [0, 0.05) is 19.2 Å². The maximum absolute atomic E-state index is 10.8. The van der Waals surface area contributed by atoms with Crippen molar-refractivity contribution in [3.8, 4) is 5.75 Å². The maximum Gasteiger partial charge on any atom is 0.118 e. The van der Waals surface area contributed by atoms with Crippen molar-refractivity contribution in [2.24, 2.45) is 0 Å². The van der Waals surface area contributed by atoms with Gasteiger partial charge in [0.15, 0.2) is 0 Å². The van der Waals surface area contributed by atoms with E-state index in [1.165, 1.54) is 0 Å². The molecule has 108 valence electrons. The van der Waals surface area contributed by atoms with Crippen LogP contribution in [0.15, 0.2) is 36.5 Å². The predicted molar refractivity (Wildman–Crippen MR) is 78.8 cm³/mol. The first-order chi connectivity index (χ1) is 9.56. The summed E-state index contributed by atoms with van der Waals surface area (Å²) in [7, 11) is 1.65. The molecule has 0 aliphatic heterocycles. The third-order valence-electron chi connectivity index (χ3n) is 3.41. The van der Waals surface area contributed by atoms with Gasteiger partial charge in [-0.05, 0) is 37.1 Å². The van der Waals surface area contributed by atoms with Gasteiger partial charge in [-0.15, -0.1) is 0 Å². The van der Waals surface area contributed by atoms with Crippen molar-refractivity contribution in [2.45, 2.75) is 38.8 Å². The fraction of sp³-hybridized carbons (Fsp3) is 0.438. The van der Waals surface area contributed by atoms with E-state index in [4.69, 9.17) is 4.74 Å². The van der Waals surface area contributed by atoms with Crippen LogP contribution in [0.2, 0.25) is 0 Å². The molecule has 0 aliphatic rings. The number of nitrogens with zero attached hydrogens (tertiary/aromatic N) is 2. The van der Waals surface area contributed by atoms with Crippen LogP contribution in [0.25, 0.3) is 0 Å². The fourth-order valence-electron chi connectivity index (χ4n) is 2.41. The lowest BCUT2D eigenvalue weighted by molar-refractivity contribution is 0.0477. The van der Waals surface area contributed by atoms with Crippen LogP contribution in [0.5, 0.6) is 5.75 Å². The van der Waals surface area contributed by atoms with E-state index in [2.05, 4.69) is 12.0 Å². The van der Waals surface area contributed by atoms with Crippen molar-refractivity contribution >= 4 is 0 Å². The smallest absolute Gasteiger partial charge is 0.118 e. The molecule has 2 rings (SSSR count). The van der Waals surface area contributed by atoms with Gasteiger partial charge in [0.1, 0.15) is 11.4 Å². The first kappa shape index (κ1) is 14.6. The molecule has 0 aliphatic carbocycles. The molecule has 0 saturated carbocycles. The van der Waals surface area contributed by atoms with Crippen LogP contribution in [0.4, 0.5) is 0 Å². The highest BCUT2D eigenvalue weighted by atomic mass is 16.5. The van der Waals surface area contributed by atoms with E-state index < -0.39 is 5.60 Å². The summed E-state index contributed by atoms with van der Waals surface area (Å²) in [5.41, 5.74) is 0.996. The minimum Gasteiger partial charge on any atom is -0.497 e. The SMILES string of the molecule is CCCn1nccc1C(C)(O)Cc1ccc(OC)cc1. The van der Waals surface area contributed by atoms with Gasteiger partial charge in [-0.25, -0.2) is 0 Å². The van der Waals surface area contributed by atoms with Crippen molar-refractivity contribution in [1.29, 1.82) is 0 Å². The molecule has 0 fully saturated rings. The lowest BCUT2D eigenvalue weighted by Crippen LogP contribution is -2.28. The molecular formula is C16H22N2O2. The summed E-state index contributed by atoms with van der Waals surface area (Å²) in [6, 6.07) is 9.67. The fourth-order valence-corrected chi connectivity index (χ4v) is 2.41. The third kappa shape index (κ3) is 3.20. The average molecular weight is 274 g/mol. The molecule has 1 aromatic heterocycles. The zero-order valence-corrected chi connectivity index (χ0v) is 12.3. The Hall–Kier alpha value is -1.81. The van der Waals surface area contributed by atoms with Crippen molar-refractivity contribution in [3.05, 3.63) is 47.8 Å². The predicted octanol–water partition coefficient (Wildman–Crippen LogP) is 2.75. The Kier molecular flexibility index (Phi) is 4.45. The lowest BCUT2D eigenvalue weighted by Gasteiger charge is -2.24. The molecule has 0 saturated heterocycles. The summed E-state index contributed by atoms with van der Waals surface area (Å²) >= 11 is 0. The molecule has 1 aromatic carbocycles. The van der Waals surface area contributed by atoms with E-state index >= 15 is 0 Å². The molecule has 2 aromatic rings. The van der Waals surface area contributed by atoms with E-state index in [1.807, 2.05) is 41.9 Å². The number of benzene rings is 1. The average Bonchev–Trinajstić information content (AvgIpc) is 2.89. The normalized spacial score (nSPS) is 14.0. The summed E-state index contributed by atoms with van der Waals surface area (Å²) in [6.07, 6.45) is 3.28. The number of hydrogen-bond acceptors (Lipinski definition) is 3. The van der Waals surface area contributed by atoms with Crippen LogP contribution >= 0.6 is 0 Å². The summed E-state index contributed by atoms with van der Waals surface area (Å²) in [5, 5.41) is 15.0. The van der Waals surface area contributed by atoms with E-state index in [-0.39, 0.29) is 0 Å². The number of rotatable bonds is 6. The second-order valence-corrected chi connectivity index (χ2v) is 5.24. The second-order valence-electron chi connectivity index (χ2n) is 5.24. The minimum atomic E-state index is -0.930. The Morgan fingerprint density at radius 3 is 2.55 bits per heavy atom. The maximum atomic E-state index is 10.8. The van der Waals surface area contributed by atoms with Gasteiger partial charge in [-0.3, -0.25) is 4.68 Å². The zero-order valence-electron chi connectivity index (χ0n) is 12.3. The van der Waals surface area contributed by atoms with E-state index in [0.29, 0.717) is 6.42 Å². The van der Waals surface area contributed by atoms with Crippen LogP contribution in [-0.4, -0.2) is 22.0 Å². The first-order valence-electron chi connectivity index (χ1n) is 6.94. The summed E-state index contributed by atoms with van der Waals surface area (Å²) in [6.45, 7) is 4.76. The summed E-state index contributed by atoms with van der Waals surface area (Å²) < 4.78 is 7.02. The summed E-state index contributed by atoms with van der Waals surface area (Å²) in [4.78, 5) is 0. The van der Waals surface area contributed by atoms with Crippen molar-refractivity contribution in [1.82, 2.24) is 9.78 Å². The van der Waals surface area contributed by atoms with Crippen LogP contribution < -0.4 is 4.74 Å². The van der Waals surface area contributed by atoms with Gasteiger partial charge in [0.25, 0.3) is 0 Å². The molecule has 0 spiro atoms. The highest BCUT2D eigenvalue weighted by Crippen LogP contribution is 2.26. The van der Waals surface area contributed by atoms with Gasteiger partial charge in [-0.1, -0.05) is 19.1 Å². The number of aromatic nitrogens is 2. The largest absolute Gasteiger partial charge is 0.497 e. The highest BCUT2D eigenvalue weighted by molar-refractivity contribution is 5.29. The first-order valence-corrected chi connectivity index (χ1v) is 6.94. The standard InChI is InChI=1S/C16H22N2O2/c1-4-11-18-15(9-10-17-18)16(2,19)12-13-5-7-14(20-3)8-6-13/h5-10,19H,4,11-12H2,1-3H3. The number of aliphatic hydroxyl groups is 1. The van der Waals surface area contributed by atoms with Crippen molar-refractivity contribution in [3.63, 3.8) is 0 Å². The Bertz CT molecular complexity index is 544. The lowest BCUT2D eigenvalue weighted by atomic mass is 9.93. The summed E-state index contributed by atoms with van der Waals surface area (Å²) in [5.74, 6) is 0.824. The Balaban J connectivity index is 2.18. The van der Waals surface area contributed by atoms with Gasteiger partial charge in [0.2, 0.25) is 0 Å². The number of methoxy groups -OCH3 is 1. The molecule has 1 heterocycles. The molecule has 0 radical (unpaired) electrons. The monoisotopic (exact) mass is 274 g/mol.